The summed E-state index contributed by atoms with van der Waals surface area (Å²) in [6.07, 6.45) is 5.93. The van der Waals surface area contributed by atoms with Gasteiger partial charge in [-0.3, -0.25) is 9.00 Å². The number of aliphatic hydroxyl groups excluding tert-OH is 2. The molecule has 1 heterocycles. The molecule has 0 bridgehead atoms. The molecule has 3 rings (SSSR count). The third-order valence-corrected chi connectivity index (χ3v) is 8.11. The minimum atomic E-state index is -1.58. The molecule has 1 aromatic rings. The molecule has 1 fully saturated rings. The van der Waals surface area contributed by atoms with E-state index in [0.717, 1.165) is 23.7 Å². The van der Waals surface area contributed by atoms with Crippen LogP contribution in [0.4, 0.5) is 0 Å². The minimum absolute atomic E-state index is 0.0126. The number of benzene rings is 1. The Morgan fingerprint density at radius 2 is 1.90 bits per heavy atom. The van der Waals surface area contributed by atoms with E-state index in [4.69, 9.17) is 4.74 Å². The summed E-state index contributed by atoms with van der Waals surface area (Å²) in [7, 11) is -1.58. The Hall–Kier alpha value is -1.02. The Kier molecular flexibility index (Phi) is 8.07. The first-order valence-electron chi connectivity index (χ1n) is 10.2. The Morgan fingerprint density at radius 3 is 2.62 bits per heavy atom. The Labute approximate surface area is 183 Å². The van der Waals surface area contributed by atoms with Crippen molar-refractivity contribution in [2.24, 2.45) is 11.8 Å². The Balaban J connectivity index is 1.91. The van der Waals surface area contributed by atoms with Crippen molar-refractivity contribution in [2.75, 3.05) is 0 Å². The second-order valence-corrected chi connectivity index (χ2v) is 10.7. The summed E-state index contributed by atoms with van der Waals surface area (Å²) < 4.78 is 19.7. The van der Waals surface area contributed by atoms with Gasteiger partial charge in [-0.15, -0.1) is 0 Å². The van der Waals surface area contributed by atoms with Crippen LogP contribution in [0.2, 0.25) is 0 Å². The van der Waals surface area contributed by atoms with Gasteiger partial charge < -0.3 is 14.9 Å². The van der Waals surface area contributed by atoms with Crippen molar-refractivity contribution >= 4 is 32.7 Å². The molecule has 5 nitrogen and oxygen atoms in total. The van der Waals surface area contributed by atoms with Crippen molar-refractivity contribution in [2.45, 2.75) is 73.9 Å². The first kappa shape index (κ1) is 22.7. The molecule has 1 saturated carbocycles. The highest BCUT2D eigenvalue weighted by molar-refractivity contribution is 9.10. The van der Waals surface area contributed by atoms with Crippen molar-refractivity contribution in [3.63, 3.8) is 0 Å². The van der Waals surface area contributed by atoms with Gasteiger partial charge in [-0.05, 0) is 75.1 Å². The van der Waals surface area contributed by atoms with Gasteiger partial charge in [-0.25, -0.2) is 0 Å². The summed E-state index contributed by atoms with van der Waals surface area (Å²) in [5.74, 6) is -0.662. The van der Waals surface area contributed by atoms with Gasteiger partial charge in [0, 0.05) is 9.37 Å². The van der Waals surface area contributed by atoms with Crippen LogP contribution in [0.25, 0.3) is 0 Å². The molecule has 29 heavy (non-hydrogen) atoms. The van der Waals surface area contributed by atoms with Crippen LogP contribution in [0.5, 0.6) is 0 Å². The number of ether oxygens (including phenoxy) is 1. The van der Waals surface area contributed by atoms with E-state index in [0.29, 0.717) is 17.7 Å². The molecule has 1 aliphatic carbocycles. The fourth-order valence-electron chi connectivity index (χ4n) is 4.32. The number of carbonyl (C=O) groups excluding carboxylic acids is 1. The summed E-state index contributed by atoms with van der Waals surface area (Å²) in [4.78, 5) is 13.1. The average Bonchev–Trinajstić information content (AvgIpc) is 3.05. The molecule has 0 spiro atoms. The molecule has 160 valence electrons. The van der Waals surface area contributed by atoms with E-state index in [9.17, 15) is 19.2 Å². The highest BCUT2D eigenvalue weighted by Crippen LogP contribution is 2.39. The summed E-state index contributed by atoms with van der Waals surface area (Å²) in [6, 6.07) is 7.07. The third-order valence-electron chi connectivity index (χ3n) is 5.84. The number of allylic oxidation sites excluding steroid dienone is 2. The van der Waals surface area contributed by atoms with Crippen LogP contribution in [0.1, 0.15) is 45.4 Å². The zero-order chi connectivity index (χ0) is 21.0. The molecule has 1 aliphatic heterocycles. The van der Waals surface area contributed by atoms with Crippen molar-refractivity contribution < 1.29 is 24.0 Å². The van der Waals surface area contributed by atoms with Crippen LogP contribution in [-0.2, 0) is 20.3 Å². The third kappa shape index (κ3) is 6.00. The molecule has 0 radical (unpaired) electrons. The van der Waals surface area contributed by atoms with E-state index >= 15 is 0 Å². The van der Waals surface area contributed by atoms with Crippen molar-refractivity contribution in [1.29, 1.82) is 0 Å². The molecule has 2 N–H and O–H groups in total. The smallest absolute Gasteiger partial charge is 0.307 e. The minimum Gasteiger partial charge on any atom is -0.463 e. The first-order chi connectivity index (χ1) is 13.8. The van der Waals surface area contributed by atoms with Gasteiger partial charge in [0.2, 0.25) is 0 Å². The van der Waals surface area contributed by atoms with E-state index in [-0.39, 0.29) is 24.4 Å². The molecule has 1 aromatic carbocycles. The molecule has 0 amide bonds. The SMILES string of the molecule is C[C@H]1CCC/C=C/[C@@H]2C[C@H](O)C[C@H]2[C@H](O)[C@H](S(=O)c2ccc(Br)cc2)CC(=O)O1. The predicted octanol–water partition coefficient (Wildman–Crippen LogP) is 3.74. The van der Waals surface area contributed by atoms with Crippen LogP contribution in [-0.4, -0.2) is 44.0 Å². The highest BCUT2D eigenvalue weighted by atomic mass is 79.9. The highest BCUT2D eigenvalue weighted by Gasteiger charge is 2.42. The number of esters is 1. The van der Waals surface area contributed by atoms with Gasteiger partial charge in [-0.2, -0.15) is 0 Å². The van der Waals surface area contributed by atoms with Gasteiger partial charge in [0.05, 0.1) is 40.8 Å². The van der Waals surface area contributed by atoms with E-state index < -0.39 is 34.2 Å². The monoisotopic (exact) mass is 484 g/mol. The molecule has 7 heteroatoms. The Bertz CT molecular complexity index is 750. The van der Waals surface area contributed by atoms with E-state index in [1.54, 1.807) is 24.3 Å². The normalized spacial score (nSPS) is 36.1. The lowest BCUT2D eigenvalue weighted by molar-refractivity contribution is -0.149. The topological polar surface area (TPSA) is 83.8 Å². The standard InChI is InChI=1S/C22H29BrO5S/c1-14-5-3-2-4-6-15-11-17(24)12-19(15)22(26)20(13-21(25)28-14)29(27)18-9-7-16(23)8-10-18/h4,6-10,14-15,17,19-20,22,24,26H,2-3,5,11-13H2,1H3/b6-4+/t14-,15+,17-,19+,20+,22-,29?/m0/s1. The number of fused-ring (bicyclic) bond motifs is 1. The number of hydrogen-bond acceptors (Lipinski definition) is 5. The number of aliphatic hydroxyl groups is 2. The maximum absolute atomic E-state index is 13.4. The predicted molar refractivity (Wildman–Crippen MR) is 116 cm³/mol. The lowest BCUT2D eigenvalue weighted by atomic mass is 9.87. The van der Waals surface area contributed by atoms with E-state index in [1.807, 2.05) is 6.92 Å². The summed E-state index contributed by atoms with van der Waals surface area (Å²) in [6.45, 7) is 1.86. The molecule has 7 atom stereocenters. The second kappa shape index (κ2) is 10.3. The van der Waals surface area contributed by atoms with Crippen LogP contribution in [0.3, 0.4) is 0 Å². The van der Waals surface area contributed by atoms with Crippen LogP contribution >= 0.6 is 15.9 Å². The quantitative estimate of drug-likeness (QED) is 0.493. The summed E-state index contributed by atoms with van der Waals surface area (Å²) in [5, 5.41) is 20.6. The average molecular weight is 485 g/mol. The summed E-state index contributed by atoms with van der Waals surface area (Å²) in [5.41, 5.74) is 0. The van der Waals surface area contributed by atoms with Crippen molar-refractivity contribution in [3.05, 3.63) is 40.9 Å². The number of cyclic esters (lactones) is 1. The van der Waals surface area contributed by atoms with Crippen LogP contribution in [0.15, 0.2) is 45.8 Å². The molecule has 0 aromatic heterocycles. The maximum atomic E-state index is 13.4. The number of hydrogen-bond donors (Lipinski definition) is 2. The molecular formula is C22H29BrO5S. The zero-order valence-electron chi connectivity index (χ0n) is 16.6. The van der Waals surface area contributed by atoms with Gasteiger partial charge in [-0.1, -0.05) is 28.1 Å². The molecule has 0 saturated heterocycles. The lowest BCUT2D eigenvalue weighted by Gasteiger charge is -2.29. The zero-order valence-corrected chi connectivity index (χ0v) is 19.0. The molecule has 2 aliphatic rings. The summed E-state index contributed by atoms with van der Waals surface area (Å²) >= 11 is 3.37. The van der Waals surface area contributed by atoms with E-state index in [2.05, 4.69) is 28.1 Å². The Morgan fingerprint density at radius 1 is 1.17 bits per heavy atom. The number of halogens is 1. The molecular weight excluding hydrogens is 456 g/mol. The van der Waals surface area contributed by atoms with Gasteiger partial charge in [0.25, 0.3) is 0 Å². The molecule has 1 unspecified atom stereocenters. The van der Waals surface area contributed by atoms with E-state index in [1.165, 1.54) is 0 Å². The largest absolute Gasteiger partial charge is 0.463 e. The van der Waals surface area contributed by atoms with Gasteiger partial charge >= 0.3 is 5.97 Å². The number of carbonyl (C=O) groups is 1. The second-order valence-electron chi connectivity index (χ2n) is 8.10. The fourth-order valence-corrected chi connectivity index (χ4v) is 6.08. The fraction of sp³-hybridized carbons (Fsp3) is 0.591. The van der Waals surface area contributed by atoms with Crippen LogP contribution < -0.4 is 0 Å². The maximum Gasteiger partial charge on any atom is 0.307 e. The first-order valence-corrected chi connectivity index (χ1v) is 12.2. The van der Waals surface area contributed by atoms with Gasteiger partial charge in [0.15, 0.2) is 0 Å². The van der Waals surface area contributed by atoms with Crippen LogP contribution in [0, 0.1) is 11.8 Å². The lowest BCUT2D eigenvalue weighted by Crippen LogP contribution is -2.40. The van der Waals surface area contributed by atoms with Gasteiger partial charge in [0.1, 0.15) is 0 Å². The number of rotatable bonds is 2. The van der Waals surface area contributed by atoms with Crippen molar-refractivity contribution in [3.8, 4) is 0 Å². The van der Waals surface area contributed by atoms with Crippen molar-refractivity contribution in [1.82, 2.24) is 0 Å².